The van der Waals surface area contributed by atoms with Crippen molar-refractivity contribution >= 4 is 11.7 Å². The molecule has 1 aliphatic rings. The minimum atomic E-state index is -0.414. The Morgan fingerprint density at radius 2 is 2.00 bits per heavy atom. The Labute approximate surface area is 120 Å². The first-order valence-electron chi connectivity index (χ1n) is 7.20. The summed E-state index contributed by atoms with van der Waals surface area (Å²) in [6.07, 6.45) is 4.53. The number of carbonyl (C=O) groups excluding carboxylic acids is 1. The van der Waals surface area contributed by atoms with Crippen LogP contribution in [0.15, 0.2) is 12.1 Å². The van der Waals surface area contributed by atoms with Crippen LogP contribution in [-0.2, 0) is 0 Å². The van der Waals surface area contributed by atoms with E-state index in [0.717, 1.165) is 31.4 Å². The SMILES string of the molecule is CNC1CCC(N(C)c2nc(C)ccc2C(N)=O)CC1. The monoisotopic (exact) mass is 276 g/mol. The van der Waals surface area contributed by atoms with Gasteiger partial charge in [0, 0.05) is 24.8 Å². The molecule has 2 rings (SSSR count). The number of nitrogens with one attached hydrogen (secondary N) is 1. The van der Waals surface area contributed by atoms with Gasteiger partial charge in [-0.15, -0.1) is 0 Å². The largest absolute Gasteiger partial charge is 0.365 e. The predicted molar refractivity (Wildman–Crippen MR) is 81.0 cm³/mol. The summed E-state index contributed by atoms with van der Waals surface area (Å²) in [5.41, 5.74) is 6.87. The van der Waals surface area contributed by atoms with Crippen molar-refractivity contribution < 1.29 is 4.79 Å². The fraction of sp³-hybridized carbons (Fsp3) is 0.600. The zero-order chi connectivity index (χ0) is 14.7. The van der Waals surface area contributed by atoms with Gasteiger partial charge in [0.05, 0.1) is 5.56 Å². The highest BCUT2D eigenvalue weighted by molar-refractivity contribution is 5.97. The first-order chi connectivity index (χ1) is 9.52. The lowest BCUT2D eigenvalue weighted by Crippen LogP contribution is -2.41. The fourth-order valence-electron chi connectivity index (χ4n) is 2.93. The standard InChI is InChI=1S/C15H24N4O/c1-10-4-9-13(14(16)20)15(18-10)19(3)12-7-5-11(17-2)6-8-12/h4,9,11-12,17H,5-8H2,1-3H3,(H2,16,20). The van der Waals surface area contributed by atoms with Gasteiger partial charge in [-0.25, -0.2) is 4.98 Å². The number of anilines is 1. The van der Waals surface area contributed by atoms with E-state index in [9.17, 15) is 4.79 Å². The van der Waals surface area contributed by atoms with Crippen LogP contribution in [0.4, 0.5) is 5.82 Å². The third-order valence-corrected chi connectivity index (χ3v) is 4.27. The summed E-state index contributed by atoms with van der Waals surface area (Å²) in [6.45, 7) is 1.93. The molecule has 5 heteroatoms. The van der Waals surface area contributed by atoms with Crippen LogP contribution in [0.25, 0.3) is 0 Å². The lowest BCUT2D eigenvalue weighted by atomic mass is 9.90. The molecule has 1 aromatic rings. The predicted octanol–water partition coefficient (Wildman–Crippen LogP) is 1.46. The van der Waals surface area contributed by atoms with Crippen LogP contribution < -0.4 is 16.0 Å². The van der Waals surface area contributed by atoms with E-state index in [1.807, 2.05) is 27.1 Å². The maximum absolute atomic E-state index is 11.6. The molecule has 1 amide bonds. The Morgan fingerprint density at radius 3 is 2.55 bits per heavy atom. The molecule has 110 valence electrons. The van der Waals surface area contributed by atoms with Gasteiger partial charge in [-0.05, 0) is 51.8 Å². The Bertz CT molecular complexity index is 481. The molecule has 1 saturated carbocycles. The first-order valence-corrected chi connectivity index (χ1v) is 7.20. The van der Waals surface area contributed by atoms with Crippen LogP contribution in [0.5, 0.6) is 0 Å². The highest BCUT2D eigenvalue weighted by atomic mass is 16.1. The van der Waals surface area contributed by atoms with Crippen molar-refractivity contribution in [3.05, 3.63) is 23.4 Å². The van der Waals surface area contributed by atoms with Crippen LogP contribution in [-0.4, -0.2) is 37.1 Å². The van der Waals surface area contributed by atoms with E-state index < -0.39 is 5.91 Å². The van der Waals surface area contributed by atoms with Crippen molar-refractivity contribution in [2.24, 2.45) is 5.73 Å². The number of hydrogen-bond acceptors (Lipinski definition) is 4. The van der Waals surface area contributed by atoms with Crippen molar-refractivity contribution in [1.29, 1.82) is 0 Å². The quantitative estimate of drug-likeness (QED) is 0.873. The van der Waals surface area contributed by atoms with E-state index in [-0.39, 0.29) is 0 Å². The molecule has 0 radical (unpaired) electrons. The average molecular weight is 276 g/mol. The summed E-state index contributed by atoms with van der Waals surface area (Å²) >= 11 is 0. The fourth-order valence-corrected chi connectivity index (χ4v) is 2.93. The van der Waals surface area contributed by atoms with Crippen LogP contribution in [0, 0.1) is 6.92 Å². The third kappa shape index (κ3) is 3.10. The zero-order valence-corrected chi connectivity index (χ0v) is 12.5. The third-order valence-electron chi connectivity index (χ3n) is 4.27. The summed E-state index contributed by atoms with van der Waals surface area (Å²) in [5.74, 6) is 0.300. The summed E-state index contributed by atoms with van der Waals surface area (Å²) in [5, 5.41) is 3.33. The highest BCUT2D eigenvalue weighted by Gasteiger charge is 2.26. The van der Waals surface area contributed by atoms with E-state index in [2.05, 4.69) is 15.2 Å². The van der Waals surface area contributed by atoms with Gasteiger partial charge in [-0.3, -0.25) is 4.79 Å². The highest BCUT2D eigenvalue weighted by Crippen LogP contribution is 2.27. The molecule has 0 unspecified atom stereocenters. The lowest BCUT2D eigenvalue weighted by molar-refractivity contribution is 0.100. The van der Waals surface area contributed by atoms with Crippen LogP contribution in [0.1, 0.15) is 41.7 Å². The van der Waals surface area contributed by atoms with E-state index in [1.165, 1.54) is 0 Å². The minimum Gasteiger partial charge on any atom is -0.365 e. The maximum atomic E-state index is 11.6. The molecular weight excluding hydrogens is 252 g/mol. The van der Waals surface area contributed by atoms with Crippen molar-refractivity contribution in [3.63, 3.8) is 0 Å². The number of pyridine rings is 1. The Balaban J connectivity index is 2.18. The number of carbonyl (C=O) groups is 1. The van der Waals surface area contributed by atoms with Gasteiger partial charge in [0.25, 0.3) is 5.91 Å². The van der Waals surface area contributed by atoms with Gasteiger partial charge in [-0.1, -0.05) is 0 Å². The van der Waals surface area contributed by atoms with Crippen LogP contribution in [0.3, 0.4) is 0 Å². The molecule has 3 N–H and O–H groups in total. The minimum absolute atomic E-state index is 0.414. The van der Waals surface area contributed by atoms with Gasteiger partial charge >= 0.3 is 0 Å². The summed E-state index contributed by atoms with van der Waals surface area (Å²) in [7, 11) is 4.03. The van der Waals surface area contributed by atoms with Crippen molar-refractivity contribution in [2.45, 2.75) is 44.7 Å². The van der Waals surface area contributed by atoms with E-state index in [4.69, 9.17) is 5.73 Å². The lowest BCUT2D eigenvalue weighted by Gasteiger charge is -2.36. The first kappa shape index (κ1) is 14.8. The molecule has 0 atom stereocenters. The topological polar surface area (TPSA) is 71.2 Å². The van der Waals surface area contributed by atoms with Crippen molar-refractivity contribution in [1.82, 2.24) is 10.3 Å². The van der Waals surface area contributed by atoms with Gasteiger partial charge in [-0.2, -0.15) is 0 Å². The summed E-state index contributed by atoms with van der Waals surface area (Å²) in [4.78, 5) is 18.2. The number of aryl methyl sites for hydroxylation is 1. The molecule has 0 saturated heterocycles. The molecular formula is C15H24N4O. The zero-order valence-electron chi connectivity index (χ0n) is 12.5. The van der Waals surface area contributed by atoms with Gasteiger partial charge in [0.2, 0.25) is 0 Å². The average Bonchev–Trinajstić information content (AvgIpc) is 2.46. The molecule has 1 aromatic heterocycles. The van der Waals surface area contributed by atoms with Crippen LogP contribution >= 0.6 is 0 Å². The second kappa shape index (κ2) is 6.22. The Kier molecular flexibility index (Phi) is 4.60. The molecule has 0 aromatic carbocycles. The molecule has 0 aliphatic heterocycles. The second-order valence-corrected chi connectivity index (χ2v) is 5.59. The number of nitrogens with two attached hydrogens (primary N) is 1. The van der Waals surface area contributed by atoms with Gasteiger partial charge in [0.15, 0.2) is 0 Å². The molecule has 20 heavy (non-hydrogen) atoms. The van der Waals surface area contributed by atoms with Crippen LogP contribution in [0.2, 0.25) is 0 Å². The Morgan fingerprint density at radius 1 is 1.35 bits per heavy atom. The maximum Gasteiger partial charge on any atom is 0.252 e. The van der Waals surface area contributed by atoms with Gasteiger partial charge < -0.3 is 16.0 Å². The molecule has 1 fully saturated rings. The van der Waals surface area contributed by atoms with E-state index in [0.29, 0.717) is 23.5 Å². The number of rotatable bonds is 4. The molecule has 0 bridgehead atoms. The van der Waals surface area contributed by atoms with Gasteiger partial charge in [0.1, 0.15) is 5.82 Å². The number of amides is 1. The van der Waals surface area contributed by atoms with Crippen molar-refractivity contribution in [2.75, 3.05) is 19.0 Å². The molecule has 5 nitrogen and oxygen atoms in total. The number of nitrogens with zero attached hydrogens (tertiary/aromatic N) is 2. The molecule has 1 heterocycles. The van der Waals surface area contributed by atoms with E-state index >= 15 is 0 Å². The number of hydrogen-bond donors (Lipinski definition) is 2. The molecule has 0 spiro atoms. The molecule has 1 aliphatic carbocycles. The van der Waals surface area contributed by atoms with E-state index in [1.54, 1.807) is 6.07 Å². The Hall–Kier alpha value is -1.62. The second-order valence-electron chi connectivity index (χ2n) is 5.59. The summed E-state index contributed by atoms with van der Waals surface area (Å²) in [6, 6.07) is 4.64. The number of aromatic nitrogens is 1. The smallest absolute Gasteiger partial charge is 0.252 e. The van der Waals surface area contributed by atoms with Crippen molar-refractivity contribution in [3.8, 4) is 0 Å². The number of primary amides is 1. The summed E-state index contributed by atoms with van der Waals surface area (Å²) < 4.78 is 0. The normalized spacial score (nSPS) is 22.6.